The van der Waals surface area contributed by atoms with E-state index in [2.05, 4.69) is 42.6 Å². The number of nitrogens with one attached hydrogen (secondary N) is 2. The summed E-state index contributed by atoms with van der Waals surface area (Å²) in [6, 6.07) is 9.40. The number of aromatic nitrogens is 4. The van der Waals surface area contributed by atoms with Crippen LogP contribution < -0.4 is 10.6 Å². The van der Waals surface area contributed by atoms with Gasteiger partial charge < -0.3 is 15.7 Å². The summed E-state index contributed by atoms with van der Waals surface area (Å²) in [6.45, 7) is 5.52. The van der Waals surface area contributed by atoms with Gasteiger partial charge >= 0.3 is 0 Å². The molecule has 0 aliphatic heterocycles. The summed E-state index contributed by atoms with van der Waals surface area (Å²) >= 11 is 7.47. The Labute approximate surface area is 238 Å². The Kier molecular flexibility index (Phi) is 9.62. The fourth-order valence-electron chi connectivity index (χ4n) is 4.94. The average Bonchev–Trinajstić information content (AvgIpc) is 3.73. The molecule has 208 valence electrons. The SMILES string of the molecule is CCCN(CCNC1CC1)C1CC(c2cc(Nc3cc(-c4cc(Cl)ccc4F)nnc3SCCO)ncn2)C1. The van der Waals surface area contributed by atoms with Crippen molar-refractivity contribution in [3.8, 4) is 11.3 Å². The van der Waals surface area contributed by atoms with Crippen LogP contribution in [0.2, 0.25) is 5.02 Å². The normalized spacial score (nSPS) is 18.8. The van der Waals surface area contributed by atoms with Crippen LogP contribution in [0.15, 0.2) is 41.7 Å². The molecule has 0 radical (unpaired) electrons. The summed E-state index contributed by atoms with van der Waals surface area (Å²) in [6.07, 6.45) is 7.56. The molecule has 2 heterocycles. The van der Waals surface area contributed by atoms with Crippen molar-refractivity contribution in [1.29, 1.82) is 0 Å². The summed E-state index contributed by atoms with van der Waals surface area (Å²) in [5, 5.41) is 25.8. The molecule has 0 bridgehead atoms. The highest BCUT2D eigenvalue weighted by Crippen LogP contribution is 2.40. The average molecular weight is 572 g/mol. The lowest BCUT2D eigenvalue weighted by Crippen LogP contribution is -2.47. The van der Waals surface area contributed by atoms with Crippen molar-refractivity contribution in [2.24, 2.45) is 0 Å². The lowest BCUT2D eigenvalue weighted by atomic mass is 9.77. The molecule has 0 amide bonds. The summed E-state index contributed by atoms with van der Waals surface area (Å²) in [4.78, 5) is 11.6. The molecule has 39 heavy (non-hydrogen) atoms. The van der Waals surface area contributed by atoms with Crippen LogP contribution in [-0.4, -0.2) is 74.2 Å². The predicted molar refractivity (Wildman–Crippen MR) is 154 cm³/mol. The minimum absolute atomic E-state index is 0.00263. The molecule has 3 aromatic rings. The zero-order valence-electron chi connectivity index (χ0n) is 22.1. The van der Waals surface area contributed by atoms with Gasteiger partial charge in [-0.25, -0.2) is 14.4 Å². The Bertz CT molecular complexity index is 1260. The fourth-order valence-corrected chi connectivity index (χ4v) is 5.76. The fraction of sp³-hybridized carbons (Fsp3) is 0.500. The molecular formula is C28H35ClFN7OS. The van der Waals surface area contributed by atoms with Gasteiger partial charge in [0.1, 0.15) is 23.0 Å². The van der Waals surface area contributed by atoms with Crippen molar-refractivity contribution in [2.75, 3.05) is 37.3 Å². The van der Waals surface area contributed by atoms with Crippen molar-refractivity contribution in [3.05, 3.63) is 53.2 Å². The third kappa shape index (κ3) is 7.43. The molecule has 0 atom stereocenters. The van der Waals surface area contributed by atoms with Gasteiger partial charge in [-0.15, -0.1) is 22.0 Å². The Morgan fingerprint density at radius 1 is 1.13 bits per heavy atom. The first-order valence-electron chi connectivity index (χ1n) is 13.7. The van der Waals surface area contributed by atoms with E-state index >= 15 is 0 Å². The number of halogens is 2. The predicted octanol–water partition coefficient (Wildman–Crippen LogP) is 5.26. The maximum Gasteiger partial charge on any atom is 0.142 e. The van der Waals surface area contributed by atoms with Gasteiger partial charge in [0.15, 0.2) is 0 Å². The van der Waals surface area contributed by atoms with Crippen molar-refractivity contribution < 1.29 is 9.50 Å². The summed E-state index contributed by atoms with van der Waals surface area (Å²) in [5.41, 5.74) is 2.27. The van der Waals surface area contributed by atoms with Crippen LogP contribution in [0.5, 0.6) is 0 Å². The van der Waals surface area contributed by atoms with E-state index in [4.69, 9.17) is 11.6 Å². The van der Waals surface area contributed by atoms with Crippen LogP contribution in [0.25, 0.3) is 11.3 Å². The molecule has 0 saturated heterocycles. The van der Waals surface area contributed by atoms with Crippen LogP contribution in [0.1, 0.15) is 50.6 Å². The molecule has 11 heteroatoms. The van der Waals surface area contributed by atoms with E-state index in [1.807, 2.05) is 6.07 Å². The van der Waals surface area contributed by atoms with Gasteiger partial charge in [-0.05, 0) is 62.9 Å². The van der Waals surface area contributed by atoms with Crippen LogP contribution in [0.4, 0.5) is 15.9 Å². The van der Waals surface area contributed by atoms with E-state index in [0.29, 0.717) is 45.0 Å². The second kappa shape index (κ2) is 13.3. The molecule has 2 aromatic heterocycles. The first kappa shape index (κ1) is 28.2. The smallest absolute Gasteiger partial charge is 0.142 e. The van der Waals surface area contributed by atoms with E-state index in [0.717, 1.165) is 50.6 Å². The molecule has 3 N–H and O–H groups in total. The van der Waals surface area contributed by atoms with E-state index < -0.39 is 5.82 Å². The van der Waals surface area contributed by atoms with Crippen LogP contribution in [0, 0.1) is 5.82 Å². The number of hydrogen-bond acceptors (Lipinski definition) is 9. The first-order valence-corrected chi connectivity index (χ1v) is 15.0. The Hall–Kier alpha value is -2.37. The van der Waals surface area contributed by atoms with Crippen LogP contribution >= 0.6 is 23.4 Å². The third-order valence-electron chi connectivity index (χ3n) is 7.21. The monoisotopic (exact) mass is 571 g/mol. The van der Waals surface area contributed by atoms with Gasteiger partial charge in [-0.1, -0.05) is 18.5 Å². The van der Waals surface area contributed by atoms with Crippen molar-refractivity contribution in [1.82, 2.24) is 30.4 Å². The maximum atomic E-state index is 14.5. The van der Waals surface area contributed by atoms with E-state index in [1.165, 1.54) is 42.8 Å². The molecule has 0 unspecified atom stereocenters. The van der Waals surface area contributed by atoms with E-state index in [9.17, 15) is 9.50 Å². The van der Waals surface area contributed by atoms with Gasteiger partial charge in [0, 0.05) is 59.2 Å². The number of hydrogen-bond donors (Lipinski definition) is 3. The molecule has 2 aliphatic carbocycles. The second-order valence-corrected chi connectivity index (χ2v) is 11.7. The molecule has 2 aliphatic rings. The summed E-state index contributed by atoms with van der Waals surface area (Å²) in [5.74, 6) is 1.06. The quantitative estimate of drug-likeness (QED) is 0.224. The highest BCUT2D eigenvalue weighted by molar-refractivity contribution is 7.99. The molecule has 2 fully saturated rings. The van der Waals surface area contributed by atoms with Crippen molar-refractivity contribution in [2.45, 2.75) is 62.1 Å². The lowest BCUT2D eigenvalue weighted by Gasteiger charge is -2.43. The molecule has 1 aromatic carbocycles. The third-order valence-corrected chi connectivity index (χ3v) is 8.41. The highest BCUT2D eigenvalue weighted by Gasteiger charge is 2.35. The molecule has 8 nitrogen and oxygen atoms in total. The lowest BCUT2D eigenvalue weighted by molar-refractivity contribution is 0.108. The largest absolute Gasteiger partial charge is 0.396 e. The molecule has 5 rings (SSSR count). The topological polar surface area (TPSA) is 99.1 Å². The zero-order valence-corrected chi connectivity index (χ0v) is 23.7. The first-order chi connectivity index (χ1) is 19.0. The number of rotatable bonds is 14. The Balaban J connectivity index is 1.28. The number of benzene rings is 1. The Morgan fingerprint density at radius 3 is 2.74 bits per heavy atom. The van der Waals surface area contributed by atoms with Gasteiger partial charge in [0.2, 0.25) is 0 Å². The Morgan fingerprint density at radius 2 is 1.97 bits per heavy atom. The number of thioether (sulfide) groups is 1. The number of nitrogens with zero attached hydrogens (tertiary/aromatic N) is 5. The van der Waals surface area contributed by atoms with Crippen LogP contribution in [0.3, 0.4) is 0 Å². The summed E-state index contributed by atoms with van der Waals surface area (Å²) in [7, 11) is 0. The maximum absolute atomic E-state index is 14.5. The van der Waals surface area contributed by atoms with Crippen LogP contribution in [-0.2, 0) is 0 Å². The van der Waals surface area contributed by atoms with E-state index in [-0.39, 0.29) is 12.2 Å². The van der Waals surface area contributed by atoms with Gasteiger partial charge in [-0.3, -0.25) is 4.90 Å². The minimum Gasteiger partial charge on any atom is -0.396 e. The molecule has 0 spiro atoms. The van der Waals surface area contributed by atoms with Gasteiger partial charge in [0.25, 0.3) is 0 Å². The standard InChI is InChI=1S/C28H35ClFN7OS/c1-2-8-37(9-7-31-20-4-5-20)21-12-18(13-21)24-16-27(33-17-32-24)34-26-15-25(35-36-28(26)39-11-10-38)22-14-19(29)3-6-23(22)30/h3,6,14-18,20-21,31,38H,2,4-5,7-13H2,1H3,(H,32,33,34,35). The number of anilines is 2. The zero-order chi connectivity index (χ0) is 27.2. The molecular weight excluding hydrogens is 537 g/mol. The van der Waals surface area contributed by atoms with Gasteiger partial charge in [0.05, 0.1) is 18.0 Å². The van der Waals surface area contributed by atoms with Crippen molar-refractivity contribution >= 4 is 34.9 Å². The number of aliphatic hydroxyl groups excluding tert-OH is 1. The van der Waals surface area contributed by atoms with Crippen molar-refractivity contribution in [3.63, 3.8) is 0 Å². The second-order valence-electron chi connectivity index (χ2n) is 10.2. The van der Waals surface area contributed by atoms with E-state index in [1.54, 1.807) is 12.4 Å². The summed E-state index contributed by atoms with van der Waals surface area (Å²) < 4.78 is 14.5. The highest BCUT2D eigenvalue weighted by atomic mass is 35.5. The van der Waals surface area contributed by atoms with Gasteiger partial charge in [-0.2, -0.15) is 0 Å². The molecule has 2 saturated carbocycles. The minimum atomic E-state index is -0.431. The number of aliphatic hydroxyl groups is 1.